The van der Waals surface area contributed by atoms with Gasteiger partial charge in [-0.15, -0.1) is 0 Å². The summed E-state index contributed by atoms with van der Waals surface area (Å²) in [6.45, 7) is 4.79. The minimum Gasteiger partial charge on any atom is -0.369 e. The Morgan fingerprint density at radius 2 is 1.54 bits per heavy atom. The molecule has 0 radical (unpaired) electrons. The number of aromatic nitrogens is 2. The smallest absolute Gasteiger partial charge is 0.320 e. The third kappa shape index (κ3) is 4.71. The van der Waals surface area contributed by atoms with Gasteiger partial charge in [0, 0.05) is 38.3 Å². The largest absolute Gasteiger partial charge is 0.369 e. The van der Waals surface area contributed by atoms with Gasteiger partial charge in [0.1, 0.15) is 6.33 Å². The van der Waals surface area contributed by atoms with E-state index in [0.717, 1.165) is 76.9 Å². The van der Waals surface area contributed by atoms with Crippen LogP contribution in [-0.4, -0.2) is 83.1 Å². The van der Waals surface area contributed by atoms with E-state index in [1.165, 1.54) is 18.4 Å². The highest BCUT2D eigenvalue weighted by molar-refractivity contribution is 5.78. The molecule has 2 amide bonds. The van der Waals surface area contributed by atoms with Crippen LogP contribution >= 0.6 is 0 Å². The van der Waals surface area contributed by atoms with Crippen LogP contribution in [0.1, 0.15) is 56.9 Å². The predicted molar refractivity (Wildman–Crippen MR) is 146 cm³/mol. The van der Waals surface area contributed by atoms with Crippen molar-refractivity contribution in [3.8, 4) is 0 Å². The molecule has 2 aliphatic heterocycles. The molecule has 7 heteroatoms. The van der Waals surface area contributed by atoms with Gasteiger partial charge in [-0.25, -0.2) is 14.8 Å². The number of carbonyl (C=O) groups is 1. The number of urea groups is 1. The maximum atomic E-state index is 13.9. The highest BCUT2D eigenvalue weighted by Crippen LogP contribution is 2.50. The lowest BCUT2D eigenvalue weighted by Gasteiger charge is -2.51. The Morgan fingerprint density at radius 1 is 0.892 bits per heavy atom. The van der Waals surface area contributed by atoms with E-state index in [2.05, 4.69) is 74.0 Å². The van der Waals surface area contributed by atoms with Crippen LogP contribution in [0.3, 0.4) is 0 Å². The second-order valence-electron chi connectivity index (χ2n) is 12.3. The van der Waals surface area contributed by atoms with Crippen molar-refractivity contribution in [3.63, 3.8) is 0 Å². The molecule has 2 saturated heterocycles. The minimum atomic E-state index is -0.00393. The molecule has 198 valence electrons. The van der Waals surface area contributed by atoms with Crippen LogP contribution in [0.25, 0.3) is 0 Å². The Morgan fingerprint density at radius 3 is 2.16 bits per heavy atom. The first kappa shape index (κ1) is 24.7. The number of carbonyl (C=O) groups excluding carboxylic acids is 1. The highest BCUT2D eigenvalue weighted by Gasteiger charge is 2.55. The summed E-state index contributed by atoms with van der Waals surface area (Å²) >= 11 is 0. The quantitative estimate of drug-likeness (QED) is 0.553. The molecule has 4 fully saturated rings. The molecule has 2 saturated carbocycles. The third-order valence-corrected chi connectivity index (χ3v) is 9.88. The van der Waals surface area contributed by atoms with Crippen LogP contribution in [0.2, 0.25) is 0 Å². The van der Waals surface area contributed by atoms with Crippen LogP contribution < -0.4 is 4.90 Å². The van der Waals surface area contributed by atoms with Crippen molar-refractivity contribution in [2.24, 2.45) is 11.8 Å². The van der Waals surface area contributed by atoms with E-state index in [9.17, 15) is 4.79 Å². The second kappa shape index (κ2) is 9.90. The minimum absolute atomic E-state index is 0.00393. The van der Waals surface area contributed by atoms with Gasteiger partial charge in [-0.1, -0.05) is 30.3 Å². The summed E-state index contributed by atoms with van der Waals surface area (Å²) < 4.78 is 0. The standard InChI is InChI=1S/C30H42N6O/c1-33(2)30(26-6-4-3-5-7-26)14-12-29(13-15-30)22-35(28(37)36(29)21-24-8-9-24)20-25-10-16-34(17-11-25)27-18-31-23-32-19-27/h3-7,18-19,23-25H,8-17,20-22H2,1-2H3. The van der Waals surface area contributed by atoms with Crippen molar-refractivity contribution < 1.29 is 4.79 Å². The molecule has 0 unspecified atom stereocenters. The summed E-state index contributed by atoms with van der Waals surface area (Å²) in [7, 11) is 4.46. The summed E-state index contributed by atoms with van der Waals surface area (Å²) in [6, 6.07) is 11.3. The topological polar surface area (TPSA) is 55.8 Å². The average molecular weight is 503 g/mol. The molecule has 3 heterocycles. The molecule has 7 nitrogen and oxygen atoms in total. The first-order valence-corrected chi connectivity index (χ1v) is 14.3. The SMILES string of the molecule is CN(C)C1(c2ccccc2)CCC2(CC1)CN(CC1CCN(c3cncnc3)CC1)C(=O)N2CC1CC1. The first-order valence-electron chi connectivity index (χ1n) is 14.3. The zero-order valence-electron chi connectivity index (χ0n) is 22.6. The molecule has 1 spiro atoms. The van der Waals surface area contributed by atoms with Gasteiger partial charge >= 0.3 is 6.03 Å². The summed E-state index contributed by atoms with van der Waals surface area (Å²) in [6.07, 6.45) is 14.6. The van der Waals surface area contributed by atoms with Crippen molar-refractivity contribution in [2.75, 3.05) is 51.7 Å². The molecule has 0 bridgehead atoms. The number of amides is 2. The molecule has 1 aromatic heterocycles. The number of benzene rings is 1. The van der Waals surface area contributed by atoms with Crippen molar-refractivity contribution >= 4 is 11.7 Å². The Kier molecular flexibility index (Phi) is 6.59. The van der Waals surface area contributed by atoms with Gasteiger partial charge in [-0.2, -0.15) is 0 Å². The number of hydrogen-bond acceptors (Lipinski definition) is 5. The fourth-order valence-corrected chi connectivity index (χ4v) is 7.29. The van der Waals surface area contributed by atoms with Crippen LogP contribution in [0, 0.1) is 11.8 Å². The van der Waals surface area contributed by atoms with Crippen molar-refractivity contribution in [1.82, 2.24) is 24.7 Å². The van der Waals surface area contributed by atoms with Gasteiger partial charge in [-0.05, 0) is 82.9 Å². The summed E-state index contributed by atoms with van der Waals surface area (Å²) in [5, 5.41) is 0. The molecule has 4 aliphatic rings. The summed E-state index contributed by atoms with van der Waals surface area (Å²) in [4.78, 5) is 31.6. The average Bonchev–Trinajstić information content (AvgIpc) is 3.73. The molecule has 0 N–H and O–H groups in total. The van der Waals surface area contributed by atoms with Crippen LogP contribution in [-0.2, 0) is 5.54 Å². The van der Waals surface area contributed by atoms with Gasteiger partial charge in [0.2, 0.25) is 0 Å². The van der Waals surface area contributed by atoms with Gasteiger partial charge in [-0.3, -0.25) is 4.90 Å². The van der Waals surface area contributed by atoms with E-state index < -0.39 is 0 Å². The fourth-order valence-electron chi connectivity index (χ4n) is 7.29. The van der Waals surface area contributed by atoms with Crippen molar-refractivity contribution in [3.05, 3.63) is 54.6 Å². The van der Waals surface area contributed by atoms with Crippen LogP contribution in [0.4, 0.5) is 10.5 Å². The second-order valence-corrected chi connectivity index (χ2v) is 12.3. The normalized spacial score (nSPS) is 29.1. The molecule has 37 heavy (non-hydrogen) atoms. The molecule has 1 aromatic carbocycles. The Labute approximate surface area is 221 Å². The van der Waals surface area contributed by atoms with Crippen molar-refractivity contribution in [1.29, 1.82) is 0 Å². The lowest BCUT2D eigenvalue weighted by Crippen LogP contribution is -2.55. The van der Waals surface area contributed by atoms with Crippen molar-refractivity contribution in [2.45, 2.75) is 62.4 Å². The predicted octanol–water partition coefficient (Wildman–Crippen LogP) is 4.61. The number of piperidine rings is 1. The monoisotopic (exact) mass is 502 g/mol. The van der Waals surface area contributed by atoms with E-state index in [4.69, 9.17) is 0 Å². The maximum absolute atomic E-state index is 13.9. The Hall–Kier alpha value is -2.67. The lowest BCUT2D eigenvalue weighted by molar-refractivity contribution is 0.0231. The zero-order chi connectivity index (χ0) is 25.5. The van der Waals surface area contributed by atoms with E-state index in [-0.39, 0.29) is 11.1 Å². The van der Waals surface area contributed by atoms with E-state index in [1.807, 2.05) is 12.4 Å². The molecule has 6 rings (SSSR count). The maximum Gasteiger partial charge on any atom is 0.320 e. The number of rotatable bonds is 7. The van der Waals surface area contributed by atoms with Crippen LogP contribution in [0.5, 0.6) is 0 Å². The molecule has 0 atom stereocenters. The zero-order valence-corrected chi connectivity index (χ0v) is 22.6. The third-order valence-electron chi connectivity index (χ3n) is 9.88. The molecular formula is C30H42N6O. The number of nitrogens with zero attached hydrogens (tertiary/aromatic N) is 6. The molecule has 2 aliphatic carbocycles. The fraction of sp³-hybridized carbons (Fsp3) is 0.633. The number of hydrogen-bond donors (Lipinski definition) is 0. The highest BCUT2D eigenvalue weighted by atomic mass is 16.2. The molecular weight excluding hydrogens is 460 g/mol. The van der Waals surface area contributed by atoms with E-state index in [1.54, 1.807) is 6.33 Å². The van der Waals surface area contributed by atoms with Gasteiger partial charge in [0.05, 0.1) is 23.6 Å². The van der Waals surface area contributed by atoms with E-state index in [0.29, 0.717) is 17.9 Å². The van der Waals surface area contributed by atoms with Gasteiger partial charge in [0.15, 0.2) is 0 Å². The summed E-state index contributed by atoms with van der Waals surface area (Å²) in [5.41, 5.74) is 2.58. The van der Waals surface area contributed by atoms with Gasteiger partial charge < -0.3 is 14.7 Å². The molecule has 2 aromatic rings. The summed E-state index contributed by atoms with van der Waals surface area (Å²) in [5.74, 6) is 1.28. The Bertz CT molecular complexity index is 1060. The van der Waals surface area contributed by atoms with Crippen LogP contribution in [0.15, 0.2) is 49.1 Å². The number of anilines is 1. The van der Waals surface area contributed by atoms with Gasteiger partial charge in [0.25, 0.3) is 0 Å². The van der Waals surface area contributed by atoms with E-state index >= 15 is 0 Å². The Balaban J connectivity index is 1.15. The lowest BCUT2D eigenvalue weighted by atomic mass is 9.68. The first-order chi connectivity index (χ1) is 18.0.